The topological polar surface area (TPSA) is 39.7 Å². The Morgan fingerprint density at radius 3 is 2.52 bits per heavy atom. The summed E-state index contributed by atoms with van der Waals surface area (Å²) in [6, 6.07) is 8.55. The first-order chi connectivity index (χ1) is 10.2. The zero-order valence-electron chi connectivity index (χ0n) is 13.5. The smallest absolute Gasteiger partial charge is 0.191 e. The van der Waals surface area contributed by atoms with Gasteiger partial charge in [0.1, 0.15) is 0 Å². The quantitative estimate of drug-likeness (QED) is 0.597. The molecular formula is C17H28N4. The summed E-state index contributed by atoms with van der Waals surface area (Å²) in [4.78, 5) is 6.92. The van der Waals surface area contributed by atoms with Crippen molar-refractivity contribution in [3.05, 3.63) is 35.4 Å². The van der Waals surface area contributed by atoms with Crippen LogP contribution in [0.2, 0.25) is 0 Å². The van der Waals surface area contributed by atoms with E-state index in [4.69, 9.17) is 4.99 Å². The maximum atomic E-state index is 4.73. The molecule has 0 bridgehead atoms. The summed E-state index contributed by atoms with van der Waals surface area (Å²) in [6.45, 7) is 5.73. The molecule has 0 radical (unpaired) electrons. The van der Waals surface area contributed by atoms with E-state index in [-0.39, 0.29) is 0 Å². The van der Waals surface area contributed by atoms with Crippen LogP contribution in [0.3, 0.4) is 0 Å². The SMILES string of the molecule is CCNC(=NCc1ccccc1CN(C)C)NCC1CC1. The van der Waals surface area contributed by atoms with Gasteiger partial charge in [-0.2, -0.15) is 0 Å². The largest absolute Gasteiger partial charge is 0.357 e. The van der Waals surface area contributed by atoms with Crippen molar-refractivity contribution in [1.29, 1.82) is 0 Å². The maximum absolute atomic E-state index is 4.73. The van der Waals surface area contributed by atoms with Crippen LogP contribution >= 0.6 is 0 Å². The minimum Gasteiger partial charge on any atom is -0.357 e. The molecule has 1 aromatic carbocycles. The number of benzene rings is 1. The van der Waals surface area contributed by atoms with Gasteiger partial charge in [-0.05, 0) is 50.9 Å². The molecule has 2 rings (SSSR count). The Kier molecular flexibility index (Phi) is 6.05. The number of nitrogens with one attached hydrogen (secondary N) is 2. The maximum Gasteiger partial charge on any atom is 0.191 e. The van der Waals surface area contributed by atoms with Crippen molar-refractivity contribution in [2.24, 2.45) is 10.9 Å². The average Bonchev–Trinajstić information content (AvgIpc) is 3.27. The van der Waals surface area contributed by atoms with Gasteiger partial charge in [-0.15, -0.1) is 0 Å². The highest BCUT2D eigenvalue weighted by molar-refractivity contribution is 5.79. The molecule has 2 N–H and O–H groups in total. The predicted molar refractivity (Wildman–Crippen MR) is 89.4 cm³/mol. The van der Waals surface area contributed by atoms with Crippen molar-refractivity contribution in [3.8, 4) is 0 Å². The minimum absolute atomic E-state index is 0.726. The highest BCUT2D eigenvalue weighted by atomic mass is 15.2. The van der Waals surface area contributed by atoms with E-state index in [1.54, 1.807) is 0 Å². The monoisotopic (exact) mass is 288 g/mol. The van der Waals surface area contributed by atoms with Crippen LogP contribution in [0, 0.1) is 5.92 Å². The molecule has 21 heavy (non-hydrogen) atoms. The number of hydrogen-bond donors (Lipinski definition) is 2. The Labute approximate surface area is 128 Å². The highest BCUT2D eigenvalue weighted by Crippen LogP contribution is 2.27. The molecule has 1 fully saturated rings. The van der Waals surface area contributed by atoms with Gasteiger partial charge in [-0.3, -0.25) is 0 Å². The molecule has 0 heterocycles. The Bertz CT molecular complexity index is 464. The number of rotatable bonds is 7. The van der Waals surface area contributed by atoms with Crippen LogP contribution in [0.25, 0.3) is 0 Å². The molecule has 1 aliphatic carbocycles. The van der Waals surface area contributed by atoms with E-state index in [0.717, 1.165) is 38.1 Å². The molecule has 4 heteroatoms. The van der Waals surface area contributed by atoms with Crippen LogP contribution in [-0.4, -0.2) is 38.0 Å². The highest BCUT2D eigenvalue weighted by Gasteiger charge is 2.21. The van der Waals surface area contributed by atoms with E-state index < -0.39 is 0 Å². The Morgan fingerprint density at radius 2 is 1.90 bits per heavy atom. The molecule has 0 spiro atoms. The van der Waals surface area contributed by atoms with E-state index >= 15 is 0 Å². The summed E-state index contributed by atoms with van der Waals surface area (Å²) in [7, 11) is 4.20. The third kappa shape index (κ3) is 5.76. The lowest BCUT2D eigenvalue weighted by molar-refractivity contribution is 0.401. The summed E-state index contributed by atoms with van der Waals surface area (Å²) < 4.78 is 0. The molecule has 0 aliphatic heterocycles. The van der Waals surface area contributed by atoms with Gasteiger partial charge in [0.15, 0.2) is 5.96 Å². The van der Waals surface area contributed by atoms with Crippen molar-refractivity contribution in [3.63, 3.8) is 0 Å². The van der Waals surface area contributed by atoms with Crippen LogP contribution in [-0.2, 0) is 13.1 Å². The summed E-state index contributed by atoms with van der Waals surface area (Å²) >= 11 is 0. The number of aliphatic imine (C=N–C) groups is 1. The van der Waals surface area contributed by atoms with Crippen molar-refractivity contribution in [1.82, 2.24) is 15.5 Å². The molecule has 4 nitrogen and oxygen atoms in total. The summed E-state index contributed by atoms with van der Waals surface area (Å²) in [6.07, 6.45) is 2.72. The Hall–Kier alpha value is -1.55. The molecule has 1 saturated carbocycles. The standard InChI is InChI=1S/C17H28N4/c1-4-18-17(19-11-14-9-10-14)20-12-15-7-5-6-8-16(15)13-21(2)3/h5-8,14H,4,9-13H2,1-3H3,(H2,18,19,20). The molecule has 0 atom stereocenters. The first-order valence-electron chi connectivity index (χ1n) is 7.92. The van der Waals surface area contributed by atoms with E-state index in [1.807, 2.05) is 0 Å². The molecule has 1 aromatic rings. The van der Waals surface area contributed by atoms with Crippen molar-refractivity contribution >= 4 is 5.96 Å². The van der Waals surface area contributed by atoms with Crippen molar-refractivity contribution in [2.45, 2.75) is 32.9 Å². The molecule has 116 valence electrons. The van der Waals surface area contributed by atoms with Gasteiger partial charge < -0.3 is 15.5 Å². The normalized spacial score (nSPS) is 15.3. The van der Waals surface area contributed by atoms with Crippen LogP contribution in [0.15, 0.2) is 29.3 Å². The third-order valence-electron chi connectivity index (χ3n) is 3.61. The zero-order valence-corrected chi connectivity index (χ0v) is 13.5. The summed E-state index contributed by atoms with van der Waals surface area (Å²) in [5.74, 6) is 1.79. The molecular weight excluding hydrogens is 260 g/mol. The lowest BCUT2D eigenvalue weighted by atomic mass is 10.1. The molecule has 0 amide bonds. The second-order valence-electron chi connectivity index (χ2n) is 6.03. The third-order valence-corrected chi connectivity index (χ3v) is 3.61. The van der Waals surface area contributed by atoms with Gasteiger partial charge in [-0.25, -0.2) is 4.99 Å². The lowest BCUT2D eigenvalue weighted by Crippen LogP contribution is -2.38. The van der Waals surface area contributed by atoms with Crippen LogP contribution in [0.5, 0.6) is 0 Å². The van der Waals surface area contributed by atoms with Gasteiger partial charge in [0.2, 0.25) is 0 Å². The van der Waals surface area contributed by atoms with Crippen LogP contribution in [0.4, 0.5) is 0 Å². The first kappa shape index (κ1) is 15.8. The van der Waals surface area contributed by atoms with Gasteiger partial charge in [-0.1, -0.05) is 24.3 Å². The van der Waals surface area contributed by atoms with Gasteiger partial charge in [0, 0.05) is 19.6 Å². The van der Waals surface area contributed by atoms with Gasteiger partial charge in [0.25, 0.3) is 0 Å². The van der Waals surface area contributed by atoms with E-state index in [1.165, 1.54) is 24.0 Å². The lowest BCUT2D eigenvalue weighted by Gasteiger charge is -2.14. The Morgan fingerprint density at radius 1 is 1.19 bits per heavy atom. The van der Waals surface area contributed by atoms with Crippen LogP contribution in [0.1, 0.15) is 30.9 Å². The van der Waals surface area contributed by atoms with Crippen molar-refractivity contribution in [2.75, 3.05) is 27.2 Å². The molecule has 0 aromatic heterocycles. The predicted octanol–water partition coefficient (Wildman–Crippen LogP) is 2.21. The molecule has 0 unspecified atom stereocenters. The second-order valence-corrected chi connectivity index (χ2v) is 6.03. The second kappa shape index (κ2) is 8.03. The number of nitrogens with zero attached hydrogens (tertiary/aromatic N) is 2. The van der Waals surface area contributed by atoms with Crippen molar-refractivity contribution < 1.29 is 0 Å². The van der Waals surface area contributed by atoms with E-state index in [0.29, 0.717) is 0 Å². The molecule has 0 saturated heterocycles. The average molecular weight is 288 g/mol. The first-order valence-corrected chi connectivity index (χ1v) is 7.92. The zero-order chi connectivity index (χ0) is 15.1. The summed E-state index contributed by atoms with van der Waals surface area (Å²) in [5.41, 5.74) is 2.65. The fourth-order valence-electron chi connectivity index (χ4n) is 2.28. The van der Waals surface area contributed by atoms with E-state index in [9.17, 15) is 0 Å². The number of guanidine groups is 1. The minimum atomic E-state index is 0.726. The molecule has 1 aliphatic rings. The summed E-state index contributed by atoms with van der Waals surface area (Å²) in [5, 5.41) is 6.77. The fourth-order valence-corrected chi connectivity index (χ4v) is 2.28. The van der Waals surface area contributed by atoms with Gasteiger partial charge in [0.05, 0.1) is 6.54 Å². The van der Waals surface area contributed by atoms with Crippen LogP contribution < -0.4 is 10.6 Å². The Balaban J connectivity index is 1.98. The fraction of sp³-hybridized carbons (Fsp3) is 0.588. The van der Waals surface area contributed by atoms with Gasteiger partial charge >= 0.3 is 0 Å². The van der Waals surface area contributed by atoms with E-state index in [2.05, 4.69) is 60.8 Å². The number of hydrogen-bond acceptors (Lipinski definition) is 2.